The molecule has 0 aromatic heterocycles. The summed E-state index contributed by atoms with van der Waals surface area (Å²) in [6.45, 7) is 2.17. The quantitative estimate of drug-likeness (QED) is 0.344. The third kappa shape index (κ3) is 3.89. The lowest BCUT2D eigenvalue weighted by molar-refractivity contribution is -0.0863. The predicted molar refractivity (Wildman–Crippen MR) is 32.7 cm³/mol. The van der Waals surface area contributed by atoms with Crippen molar-refractivity contribution in [2.45, 2.75) is 13.3 Å². The van der Waals surface area contributed by atoms with Crippen molar-refractivity contribution < 1.29 is 9.84 Å². The second-order valence-corrected chi connectivity index (χ2v) is 1.18. The number of aliphatic imine (C=N–C) groups is 1. The SMILES string of the molecule is CCOC(O)N=C=S. The number of nitrogens with zero attached hydrogens (tertiary/aromatic N) is 1. The van der Waals surface area contributed by atoms with Crippen molar-refractivity contribution in [3.8, 4) is 0 Å². The van der Waals surface area contributed by atoms with Gasteiger partial charge in [0, 0.05) is 6.61 Å². The fourth-order valence-corrected chi connectivity index (χ4v) is 0.322. The molecule has 0 aliphatic heterocycles. The van der Waals surface area contributed by atoms with Gasteiger partial charge in [-0.15, -0.1) is 0 Å². The molecule has 0 saturated carbocycles. The van der Waals surface area contributed by atoms with Gasteiger partial charge in [-0.25, -0.2) is 0 Å². The molecule has 0 fully saturated rings. The summed E-state index contributed by atoms with van der Waals surface area (Å²) in [6, 6.07) is 0. The first kappa shape index (κ1) is 7.72. The lowest BCUT2D eigenvalue weighted by Gasteiger charge is -1.99. The van der Waals surface area contributed by atoms with Gasteiger partial charge in [-0.3, -0.25) is 0 Å². The first-order valence-corrected chi connectivity index (χ1v) is 2.58. The zero-order valence-electron chi connectivity index (χ0n) is 4.50. The first-order chi connectivity index (χ1) is 3.81. The van der Waals surface area contributed by atoms with Gasteiger partial charge in [0.2, 0.25) is 0 Å². The molecule has 0 aliphatic carbocycles. The first-order valence-electron chi connectivity index (χ1n) is 2.18. The van der Waals surface area contributed by atoms with Crippen LogP contribution in [0.4, 0.5) is 0 Å². The van der Waals surface area contributed by atoms with Crippen molar-refractivity contribution >= 4 is 17.4 Å². The summed E-state index contributed by atoms with van der Waals surface area (Å²) < 4.78 is 4.54. The average Bonchev–Trinajstić information content (AvgIpc) is 1.68. The van der Waals surface area contributed by atoms with Gasteiger partial charge in [0.05, 0.1) is 5.16 Å². The van der Waals surface area contributed by atoms with E-state index < -0.39 is 6.41 Å². The Morgan fingerprint density at radius 1 is 2.00 bits per heavy atom. The standard InChI is InChI=1S/C4H7NO2S/c1-2-7-4(6)5-3-8/h4,6H,2H2,1H3. The van der Waals surface area contributed by atoms with E-state index in [-0.39, 0.29) is 0 Å². The summed E-state index contributed by atoms with van der Waals surface area (Å²) >= 11 is 4.19. The smallest absolute Gasteiger partial charge is 0.264 e. The van der Waals surface area contributed by atoms with Crippen LogP contribution in [-0.2, 0) is 4.74 Å². The van der Waals surface area contributed by atoms with E-state index in [0.29, 0.717) is 6.61 Å². The van der Waals surface area contributed by atoms with Crippen LogP contribution in [0.2, 0.25) is 0 Å². The molecular formula is C4H7NO2S. The fraction of sp³-hybridized carbons (Fsp3) is 0.750. The van der Waals surface area contributed by atoms with Crippen LogP contribution in [0.3, 0.4) is 0 Å². The van der Waals surface area contributed by atoms with E-state index >= 15 is 0 Å². The second kappa shape index (κ2) is 4.87. The van der Waals surface area contributed by atoms with Crippen molar-refractivity contribution in [2.24, 2.45) is 4.99 Å². The molecule has 1 atom stereocenters. The summed E-state index contributed by atoms with van der Waals surface area (Å²) in [5.74, 6) is 0. The van der Waals surface area contributed by atoms with E-state index in [1.807, 2.05) is 5.16 Å². The van der Waals surface area contributed by atoms with Crippen LogP contribution in [0.25, 0.3) is 0 Å². The van der Waals surface area contributed by atoms with Crippen molar-refractivity contribution in [3.63, 3.8) is 0 Å². The maximum Gasteiger partial charge on any atom is 0.264 e. The van der Waals surface area contributed by atoms with Crippen molar-refractivity contribution in [1.29, 1.82) is 0 Å². The molecule has 46 valence electrons. The summed E-state index contributed by atoms with van der Waals surface area (Å²) in [5, 5.41) is 10.5. The van der Waals surface area contributed by atoms with Crippen LogP contribution in [0.1, 0.15) is 6.92 Å². The lowest BCUT2D eigenvalue weighted by Crippen LogP contribution is -2.06. The van der Waals surface area contributed by atoms with Gasteiger partial charge in [-0.2, -0.15) is 4.99 Å². The number of ether oxygens (including phenoxy) is 1. The summed E-state index contributed by atoms with van der Waals surface area (Å²) in [6.07, 6.45) is -1.13. The van der Waals surface area contributed by atoms with E-state index in [1.165, 1.54) is 0 Å². The zero-order chi connectivity index (χ0) is 6.41. The lowest BCUT2D eigenvalue weighted by atomic mass is 10.9. The highest BCUT2D eigenvalue weighted by atomic mass is 32.1. The van der Waals surface area contributed by atoms with Crippen molar-refractivity contribution in [1.82, 2.24) is 0 Å². The van der Waals surface area contributed by atoms with Crippen LogP contribution >= 0.6 is 12.2 Å². The number of isothiocyanates is 1. The van der Waals surface area contributed by atoms with Gasteiger partial charge in [-0.05, 0) is 19.1 Å². The zero-order valence-corrected chi connectivity index (χ0v) is 5.31. The summed E-state index contributed by atoms with van der Waals surface area (Å²) in [7, 11) is 0. The molecule has 0 aromatic carbocycles. The molecule has 3 nitrogen and oxygen atoms in total. The highest BCUT2D eigenvalue weighted by Crippen LogP contribution is 1.84. The Labute approximate surface area is 53.0 Å². The molecular weight excluding hydrogens is 126 g/mol. The largest absolute Gasteiger partial charge is 0.349 e. The van der Waals surface area contributed by atoms with Crippen molar-refractivity contribution in [2.75, 3.05) is 6.61 Å². The normalized spacial score (nSPS) is 12.2. The molecule has 0 saturated heterocycles. The Kier molecular flexibility index (Phi) is 4.70. The molecule has 8 heavy (non-hydrogen) atoms. The second-order valence-electron chi connectivity index (χ2n) is 1.00. The predicted octanol–water partition coefficient (Wildman–Crippen LogP) is 0.402. The van der Waals surface area contributed by atoms with E-state index in [1.54, 1.807) is 6.92 Å². The van der Waals surface area contributed by atoms with Crippen LogP contribution in [-0.4, -0.2) is 23.3 Å². The van der Waals surface area contributed by atoms with Crippen LogP contribution in [0.15, 0.2) is 4.99 Å². The molecule has 1 unspecified atom stereocenters. The van der Waals surface area contributed by atoms with Gasteiger partial charge in [0.1, 0.15) is 0 Å². The van der Waals surface area contributed by atoms with E-state index in [4.69, 9.17) is 5.11 Å². The minimum absolute atomic E-state index is 0.418. The minimum Gasteiger partial charge on any atom is -0.349 e. The molecule has 4 heteroatoms. The Bertz CT molecular complexity index is 100. The Balaban J connectivity index is 3.31. The Morgan fingerprint density at radius 2 is 2.62 bits per heavy atom. The molecule has 0 amide bonds. The molecule has 0 aromatic rings. The van der Waals surface area contributed by atoms with Crippen LogP contribution < -0.4 is 0 Å². The van der Waals surface area contributed by atoms with E-state index in [2.05, 4.69) is 21.9 Å². The highest BCUT2D eigenvalue weighted by molar-refractivity contribution is 7.78. The van der Waals surface area contributed by atoms with Gasteiger partial charge in [0.15, 0.2) is 0 Å². The average molecular weight is 133 g/mol. The van der Waals surface area contributed by atoms with Crippen molar-refractivity contribution in [3.05, 3.63) is 0 Å². The maximum atomic E-state index is 8.53. The highest BCUT2D eigenvalue weighted by Gasteiger charge is 1.93. The molecule has 0 bridgehead atoms. The summed E-state index contributed by atoms with van der Waals surface area (Å²) in [4.78, 5) is 3.21. The van der Waals surface area contributed by atoms with Gasteiger partial charge in [-0.1, -0.05) is 0 Å². The third-order valence-electron chi connectivity index (χ3n) is 0.479. The number of thiocarbonyl (C=S) groups is 1. The molecule has 0 spiro atoms. The number of hydrogen-bond donors (Lipinski definition) is 1. The van der Waals surface area contributed by atoms with E-state index in [9.17, 15) is 0 Å². The number of hydrogen-bond acceptors (Lipinski definition) is 4. The molecule has 0 radical (unpaired) electrons. The van der Waals surface area contributed by atoms with Gasteiger partial charge in [0.25, 0.3) is 6.41 Å². The minimum atomic E-state index is -1.13. The van der Waals surface area contributed by atoms with E-state index in [0.717, 1.165) is 0 Å². The Morgan fingerprint density at radius 3 is 3.00 bits per heavy atom. The maximum absolute atomic E-state index is 8.53. The molecule has 0 rings (SSSR count). The molecule has 0 aliphatic rings. The number of aliphatic hydroxyl groups is 1. The summed E-state index contributed by atoms with van der Waals surface area (Å²) in [5.41, 5.74) is 0. The van der Waals surface area contributed by atoms with Gasteiger partial charge < -0.3 is 9.84 Å². The van der Waals surface area contributed by atoms with Crippen LogP contribution in [0.5, 0.6) is 0 Å². The van der Waals surface area contributed by atoms with Crippen LogP contribution in [0, 0.1) is 0 Å². The molecule has 1 N–H and O–H groups in total. The van der Waals surface area contributed by atoms with Gasteiger partial charge >= 0.3 is 0 Å². The topological polar surface area (TPSA) is 41.8 Å². The third-order valence-corrected chi connectivity index (χ3v) is 0.584. The number of rotatable bonds is 3. The monoisotopic (exact) mass is 133 g/mol. The number of aliphatic hydroxyl groups excluding tert-OH is 1. The fourth-order valence-electron chi connectivity index (χ4n) is 0.231. The molecule has 0 heterocycles. The Hall–Kier alpha value is -0.280.